The van der Waals surface area contributed by atoms with Crippen molar-refractivity contribution in [2.24, 2.45) is 7.05 Å². The Morgan fingerprint density at radius 2 is 2.07 bits per heavy atom. The quantitative estimate of drug-likeness (QED) is 0.711. The van der Waals surface area contributed by atoms with Crippen molar-refractivity contribution in [2.75, 3.05) is 0 Å². The van der Waals surface area contributed by atoms with Crippen LogP contribution in [0.25, 0.3) is 11.4 Å². The summed E-state index contributed by atoms with van der Waals surface area (Å²) in [5.41, 5.74) is 3.16. The lowest BCUT2D eigenvalue weighted by Gasteiger charge is -2.13. The average Bonchev–Trinajstić information content (AvgIpc) is 3.25. The SMILES string of the molecule is C[C@H](NC(=O)c1cc(C(C)(C)C)nn1C)c1nc(-c2ccnc(C3CC3)c2)no1. The van der Waals surface area contributed by atoms with Crippen molar-refractivity contribution in [1.82, 2.24) is 30.2 Å². The van der Waals surface area contributed by atoms with E-state index in [9.17, 15) is 4.79 Å². The molecule has 8 nitrogen and oxygen atoms in total. The van der Waals surface area contributed by atoms with Gasteiger partial charge in [0.25, 0.3) is 5.91 Å². The van der Waals surface area contributed by atoms with Gasteiger partial charge in [0, 0.05) is 35.8 Å². The van der Waals surface area contributed by atoms with Crippen molar-refractivity contribution in [2.45, 2.75) is 57.9 Å². The van der Waals surface area contributed by atoms with Gasteiger partial charge in [0.1, 0.15) is 11.7 Å². The standard InChI is InChI=1S/C21H26N6O2/c1-12(23-19(28)16-11-17(21(2,3)4)25-27(16)5)20-24-18(26-29-20)14-8-9-22-15(10-14)13-6-7-13/h8-13H,6-7H2,1-5H3,(H,23,28)/t12-/m0/s1. The number of pyridine rings is 1. The zero-order valence-electron chi connectivity index (χ0n) is 17.4. The number of hydrogen-bond donors (Lipinski definition) is 1. The molecule has 3 aromatic rings. The molecule has 8 heteroatoms. The first-order valence-corrected chi connectivity index (χ1v) is 9.87. The van der Waals surface area contributed by atoms with Gasteiger partial charge in [0.15, 0.2) is 0 Å². The van der Waals surface area contributed by atoms with Crippen LogP contribution < -0.4 is 5.32 Å². The predicted octanol–water partition coefficient (Wildman–Crippen LogP) is 3.53. The molecule has 1 aliphatic carbocycles. The zero-order chi connectivity index (χ0) is 20.8. The van der Waals surface area contributed by atoms with Crippen LogP contribution in [0.2, 0.25) is 0 Å². The second-order valence-corrected chi connectivity index (χ2v) is 8.68. The van der Waals surface area contributed by atoms with Crippen LogP contribution in [0.5, 0.6) is 0 Å². The Morgan fingerprint density at radius 1 is 1.31 bits per heavy atom. The topological polar surface area (TPSA) is 98.7 Å². The molecule has 1 amide bonds. The van der Waals surface area contributed by atoms with Gasteiger partial charge in [-0.3, -0.25) is 14.5 Å². The summed E-state index contributed by atoms with van der Waals surface area (Å²) < 4.78 is 7.00. The van der Waals surface area contributed by atoms with Gasteiger partial charge in [0.05, 0.1) is 5.69 Å². The van der Waals surface area contributed by atoms with Gasteiger partial charge in [-0.1, -0.05) is 25.9 Å². The predicted molar refractivity (Wildman–Crippen MR) is 107 cm³/mol. The Hall–Kier alpha value is -3.03. The van der Waals surface area contributed by atoms with E-state index in [1.54, 1.807) is 17.9 Å². The van der Waals surface area contributed by atoms with Gasteiger partial charge in [-0.05, 0) is 38.0 Å². The summed E-state index contributed by atoms with van der Waals surface area (Å²) in [6, 6.07) is 5.27. The van der Waals surface area contributed by atoms with Crippen molar-refractivity contribution < 1.29 is 9.32 Å². The van der Waals surface area contributed by atoms with E-state index in [1.807, 2.05) is 25.1 Å². The van der Waals surface area contributed by atoms with Gasteiger partial charge in [-0.15, -0.1) is 0 Å². The minimum absolute atomic E-state index is 0.132. The molecular weight excluding hydrogens is 368 g/mol. The minimum atomic E-state index is -0.429. The van der Waals surface area contributed by atoms with E-state index in [4.69, 9.17) is 4.52 Å². The Morgan fingerprint density at radius 3 is 2.72 bits per heavy atom. The number of carbonyl (C=O) groups is 1. The first-order valence-electron chi connectivity index (χ1n) is 9.87. The fourth-order valence-corrected chi connectivity index (χ4v) is 3.10. The lowest BCUT2D eigenvalue weighted by Crippen LogP contribution is -2.28. The van der Waals surface area contributed by atoms with Crippen molar-refractivity contribution in [3.05, 3.63) is 47.4 Å². The van der Waals surface area contributed by atoms with Crippen LogP contribution in [0.15, 0.2) is 28.9 Å². The van der Waals surface area contributed by atoms with Crippen LogP contribution in [0.3, 0.4) is 0 Å². The summed E-state index contributed by atoms with van der Waals surface area (Å²) in [7, 11) is 1.76. The lowest BCUT2D eigenvalue weighted by molar-refractivity contribution is 0.0923. The molecule has 0 aromatic carbocycles. The molecule has 0 saturated heterocycles. The van der Waals surface area contributed by atoms with Crippen molar-refractivity contribution in [3.63, 3.8) is 0 Å². The fraction of sp³-hybridized carbons (Fsp3) is 0.476. The van der Waals surface area contributed by atoms with E-state index in [2.05, 4.69) is 46.3 Å². The van der Waals surface area contributed by atoms with Gasteiger partial charge >= 0.3 is 0 Å². The van der Waals surface area contributed by atoms with E-state index in [0.717, 1.165) is 17.0 Å². The van der Waals surface area contributed by atoms with Crippen molar-refractivity contribution in [3.8, 4) is 11.4 Å². The Kier molecular flexibility index (Phi) is 4.72. The summed E-state index contributed by atoms with van der Waals surface area (Å²) in [5, 5.41) is 11.4. The smallest absolute Gasteiger partial charge is 0.270 e. The molecule has 3 heterocycles. The van der Waals surface area contributed by atoms with Gasteiger partial charge in [-0.25, -0.2) is 0 Å². The lowest BCUT2D eigenvalue weighted by atomic mass is 9.92. The molecule has 29 heavy (non-hydrogen) atoms. The number of aryl methyl sites for hydroxylation is 1. The third-order valence-corrected chi connectivity index (χ3v) is 5.08. The highest BCUT2D eigenvalue weighted by molar-refractivity contribution is 5.92. The van der Waals surface area contributed by atoms with Crippen LogP contribution in [0.1, 0.15) is 80.3 Å². The second kappa shape index (κ2) is 7.09. The maximum Gasteiger partial charge on any atom is 0.270 e. The second-order valence-electron chi connectivity index (χ2n) is 8.68. The van der Waals surface area contributed by atoms with Gasteiger partial charge < -0.3 is 9.84 Å². The maximum absolute atomic E-state index is 12.7. The van der Waals surface area contributed by atoms with E-state index < -0.39 is 6.04 Å². The van der Waals surface area contributed by atoms with Gasteiger partial charge in [-0.2, -0.15) is 10.1 Å². The van der Waals surface area contributed by atoms with Crippen LogP contribution in [0, 0.1) is 0 Å². The molecule has 1 atom stereocenters. The summed E-state index contributed by atoms with van der Waals surface area (Å²) in [4.78, 5) is 21.6. The molecule has 4 rings (SSSR count). The Labute approximate surface area is 169 Å². The van der Waals surface area contributed by atoms with E-state index in [1.165, 1.54) is 12.8 Å². The van der Waals surface area contributed by atoms with Gasteiger partial charge in [0.2, 0.25) is 11.7 Å². The number of amides is 1. The highest BCUT2D eigenvalue weighted by Crippen LogP contribution is 2.39. The molecule has 1 saturated carbocycles. The Balaban J connectivity index is 1.48. The monoisotopic (exact) mass is 394 g/mol. The fourth-order valence-electron chi connectivity index (χ4n) is 3.10. The molecule has 1 fully saturated rings. The summed E-state index contributed by atoms with van der Waals surface area (Å²) >= 11 is 0. The summed E-state index contributed by atoms with van der Waals surface area (Å²) in [5.74, 6) is 1.18. The zero-order valence-corrected chi connectivity index (χ0v) is 17.4. The number of carbonyl (C=O) groups excluding carboxylic acids is 1. The molecule has 0 spiro atoms. The normalized spacial score (nSPS) is 15.3. The number of nitrogens with zero attached hydrogens (tertiary/aromatic N) is 5. The highest BCUT2D eigenvalue weighted by Gasteiger charge is 2.26. The Bertz CT molecular complexity index is 1040. The molecule has 0 unspecified atom stereocenters. The first kappa shape index (κ1) is 19.3. The summed E-state index contributed by atoms with van der Waals surface area (Å²) in [6.07, 6.45) is 4.14. The average molecular weight is 394 g/mol. The third-order valence-electron chi connectivity index (χ3n) is 5.08. The maximum atomic E-state index is 12.7. The molecule has 1 aliphatic rings. The molecule has 0 radical (unpaired) electrons. The molecule has 0 bridgehead atoms. The van der Waals surface area contributed by atoms with Crippen LogP contribution in [-0.2, 0) is 12.5 Å². The van der Waals surface area contributed by atoms with E-state index in [0.29, 0.717) is 23.3 Å². The summed E-state index contributed by atoms with van der Waals surface area (Å²) in [6.45, 7) is 8.01. The molecule has 152 valence electrons. The van der Waals surface area contributed by atoms with Crippen LogP contribution in [0.4, 0.5) is 0 Å². The number of hydrogen-bond acceptors (Lipinski definition) is 6. The van der Waals surface area contributed by atoms with Crippen LogP contribution >= 0.6 is 0 Å². The number of nitrogens with one attached hydrogen (secondary N) is 1. The van der Waals surface area contributed by atoms with Crippen molar-refractivity contribution >= 4 is 5.91 Å². The van der Waals surface area contributed by atoms with E-state index >= 15 is 0 Å². The van der Waals surface area contributed by atoms with E-state index in [-0.39, 0.29) is 11.3 Å². The number of rotatable bonds is 5. The number of aromatic nitrogens is 5. The largest absolute Gasteiger partial charge is 0.339 e. The first-order chi connectivity index (χ1) is 13.7. The molecule has 3 aromatic heterocycles. The molecule has 1 N–H and O–H groups in total. The minimum Gasteiger partial charge on any atom is -0.339 e. The molecule has 0 aliphatic heterocycles. The third kappa shape index (κ3) is 4.06. The van der Waals surface area contributed by atoms with Crippen molar-refractivity contribution in [1.29, 1.82) is 0 Å². The molecular formula is C21H26N6O2. The van der Waals surface area contributed by atoms with Crippen LogP contribution in [-0.4, -0.2) is 30.8 Å². The highest BCUT2D eigenvalue weighted by atomic mass is 16.5.